The van der Waals surface area contributed by atoms with Crippen molar-refractivity contribution < 1.29 is 29.3 Å². The van der Waals surface area contributed by atoms with Crippen molar-refractivity contribution in [3.8, 4) is 0 Å². The first-order valence-corrected chi connectivity index (χ1v) is 12.0. The zero-order valence-electron chi connectivity index (χ0n) is 19.9. The van der Waals surface area contributed by atoms with Gasteiger partial charge in [-0.1, -0.05) is 36.4 Å². The first kappa shape index (κ1) is 23.5. The predicted octanol–water partition coefficient (Wildman–Crippen LogP) is 2.59. The summed E-state index contributed by atoms with van der Waals surface area (Å²) in [4.78, 5) is 43.3. The Bertz CT molecular complexity index is 1230. The maximum atomic E-state index is 14.3. The van der Waals surface area contributed by atoms with Crippen molar-refractivity contribution in [2.75, 3.05) is 18.1 Å². The molecular formula is C27H30N2O6. The molecule has 0 aromatic heterocycles. The Kier molecular flexibility index (Phi) is 5.49. The highest BCUT2D eigenvalue weighted by Gasteiger charge is 2.78. The van der Waals surface area contributed by atoms with Gasteiger partial charge in [0.1, 0.15) is 11.6 Å². The van der Waals surface area contributed by atoms with Crippen LogP contribution in [0.25, 0.3) is 10.8 Å². The summed E-state index contributed by atoms with van der Waals surface area (Å²) in [5, 5.41) is 22.0. The van der Waals surface area contributed by atoms with Crippen molar-refractivity contribution in [2.45, 2.75) is 50.0 Å². The van der Waals surface area contributed by atoms with Gasteiger partial charge in [0, 0.05) is 12.2 Å². The summed E-state index contributed by atoms with van der Waals surface area (Å²) in [6, 6.07) is 11.8. The fourth-order valence-corrected chi connectivity index (χ4v) is 6.53. The van der Waals surface area contributed by atoms with Crippen LogP contribution in [0.15, 0.2) is 55.1 Å². The van der Waals surface area contributed by atoms with Gasteiger partial charge >= 0.3 is 5.97 Å². The van der Waals surface area contributed by atoms with Gasteiger partial charge in [-0.05, 0) is 49.6 Å². The van der Waals surface area contributed by atoms with E-state index in [9.17, 15) is 24.6 Å². The highest BCUT2D eigenvalue weighted by Crippen LogP contribution is 2.63. The largest absolute Gasteiger partial charge is 0.481 e. The van der Waals surface area contributed by atoms with Crippen LogP contribution in [-0.2, 0) is 19.1 Å². The van der Waals surface area contributed by atoms with Crippen molar-refractivity contribution >= 4 is 34.2 Å². The zero-order chi connectivity index (χ0) is 25.1. The summed E-state index contributed by atoms with van der Waals surface area (Å²) in [6.45, 7) is 7.04. The third kappa shape index (κ3) is 3.23. The van der Waals surface area contributed by atoms with Crippen LogP contribution in [-0.4, -0.2) is 69.3 Å². The average Bonchev–Trinajstić information content (AvgIpc) is 3.42. The topological polar surface area (TPSA) is 107 Å². The van der Waals surface area contributed by atoms with Gasteiger partial charge in [0.2, 0.25) is 5.91 Å². The molecule has 0 saturated carbocycles. The number of likely N-dealkylation sites (tertiary alicyclic amines) is 1. The Morgan fingerprint density at radius 3 is 2.63 bits per heavy atom. The van der Waals surface area contributed by atoms with E-state index >= 15 is 0 Å². The molecule has 8 heteroatoms. The number of fused-ring (bicyclic) bond motifs is 2. The van der Waals surface area contributed by atoms with Crippen LogP contribution in [0.5, 0.6) is 0 Å². The Balaban J connectivity index is 1.63. The van der Waals surface area contributed by atoms with Crippen LogP contribution in [0.3, 0.4) is 0 Å². The number of carboxylic acid groups (broad SMARTS) is 1. The molecule has 184 valence electrons. The average molecular weight is 479 g/mol. The molecule has 3 heterocycles. The summed E-state index contributed by atoms with van der Waals surface area (Å²) in [5.74, 6) is -3.95. The number of ether oxygens (including phenoxy) is 1. The molecule has 2 aromatic carbocycles. The monoisotopic (exact) mass is 478 g/mol. The standard InChI is InChI=1S/C27H30N2O6/c1-4-13-28(19-10-9-17-7-5-6-8-18(17)14-19)24(32)22-27-12-11-26(3,35-27)21(25(33)34)20(27)23(31)29(22)16(2)15-30/h4-10,14,16,20-22,30H,1,11-13,15H2,2-3H3,(H,33,34)/t16-,20+,21+,22?,26-,27?/m1/s1. The van der Waals surface area contributed by atoms with E-state index in [1.807, 2.05) is 42.5 Å². The molecule has 2 N–H and O–H groups in total. The molecule has 1 spiro atoms. The van der Waals surface area contributed by atoms with Crippen LogP contribution in [0.1, 0.15) is 26.7 Å². The summed E-state index contributed by atoms with van der Waals surface area (Å²) in [5.41, 5.74) is -1.64. The lowest BCUT2D eigenvalue weighted by atomic mass is 9.66. The van der Waals surface area contributed by atoms with Gasteiger partial charge in [0.25, 0.3) is 5.91 Å². The number of rotatable bonds is 7. The molecule has 3 fully saturated rings. The lowest BCUT2D eigenvalue weighted by molar-refractivity contribution is -0.155. The molecule has 3 aliphatic rings. The van der Waals surface area contributed by atoms with Crippen molar-refractivity contribution in [3.05, 3.63) is 55.1 Å². The number of carboxylic acids is 1. The van der Waals surface area contributed by atoms with Gasteiger partial charge in [-0.3, -0.25) is 14.4 Å². The Labute approximate surface area is 203 Å². The lowest BCUT2D eigenvalue weighted by Gasteiger charge is -2.38. The Hall–Kier alpha value is -3.23. The summed E-state index contributed by atoms with van der Waals surface area (Å²) >= 11 is 0. The quantitative estimate of drug-likeness (QED) is 0.593. The van der Waals surface area contributed by atoms with Gasteiger partial charge in [-0.25, -0.2) is 0 Å². The highest BCUT2D eigenvalue weighted by molar-refractivity contribution is 6.05. The van der Waals surface area contributed by atoms with E-state index in [0.29, 0.717) is 18.5 Å². The first-order valence-electron chi connectivity index (χ1n) is 12.0. The molecule has 8 nitrogen and oxygen atoms in total. The number of amides is 2. The lowest BCUT2D eigenvalue weighted by Crippen LogP contribution is -2.58. The van der Waals surface area contributed by atoms with Crippen LogP contribution < -0.4 is 4.90 Å². The second-order valence-corrected chi connectivity index (χ2v) is 10.1. The van der Waals surface area contributed by atoms with E-state index < -0.39 is 47.0 Å². The minimum atomic E-state index is -1.26. The predicted molar refractivity (Wildman–Crippen MR) is 130 cm³/mol. The first-order chi connectivity index (χ1) is 16.7. The molecule has 3 saturated heterocycles. The minimum Gasteiger partial charge on any atom is -0.481 e. The third-order valence-electron chi connectivity index (χ3n) is 8.08. The SMILES string of the molecule is C=CCN(C(=O)C1N([C@H](C)CO)C(=O)[C@@H]2[C@@H](C(=O)O)[C@@]3(C)CCC12O3)c1ccc2ccccc2c1. The van der Waals surface area contributed by atoms with Gasteiger partial charge in [-0.2, -0.15) is 0 Å². The van der Waals surface area contributed by atoms with E-state index in [2.05, 4.69) is 6.58 Å². The normalized spacial score (nSPS) is 32.0. The van der Waals surface area contributed by atoms with Crippen molar-refractivity contribution in [2.24, 2.45) is 11.8 Å². The summed E-state index contributed by atoms with van der Waals surface area (Å²) in [7, 11) is 0. The number of nitrogens with zero attached hydrogens (tertiary/aromatic N) is 2. The number of hydrogen-bond acceptors (Lipinski definition) is 5. The Morgan fingerprint density at radius 2 is 1.97 bits per heavy atom. The number of aliphatic carboxylic acids is 1. The fourth-order valence-electron chi connectivity index (χ4n) is 6.53. The number of carbonyl (C=O) groups excluding carboxylic acids is 2. The van der Waals surface area contributed by atoms with E-state index in [0.717, 1.165) is 10.8 Å². The molecule has 5 rings (SSSR count). The molecule has 35 heavy (non-hydrogen) atoms. The molecule has 0 radical (unpaired) electrons. The van der Waals surface area contributed by atoms with Crippen molar-refractivity contribution in [1.29, 1.82) is 0 Å². The Morgan fingerprint density at radius 1 is 1.26 bits per heavy atom. The van der Waals surface area contributed by atoms with Gasteiger partial charge in [-0.15, -0.1) is 6.58 Å². The maximum Gasteiger partial charge on any atom is 0.310 e. The smallest absolute Gasteiger partial charge is 0.310 e. The molecular weight excluding hydrogens is 448 g/mol. The van der Waals surface area contributed by atoms with Gasteiger partial charge < -0.3 is 24.7 Å². The van der Waals surface area contributed by atoms with Gasteiger partial charge in [0.05, 0.1) is 30.1 Å². The molecule has 3 aliphatic heterocycles. The van der Waals surface area contributed by atoms with Crippen molar-refractivity contribution in [3.63, 3.8) is 0 Å². The second-order valence-electron chi connectivity index (χ2n) is 10.1. The molecule has 0 aliphatic carbocycles. The third-order valence-corrected chi connectivity index (χ3v) is 8.08. The van der Waals surface area contributed by atoms with E-state index in [1.54, 1.807) is 24.8 Å². The second kappa shape index (κ2) is 8.17. The van der Waals surface area contributed by atoms with Crippen LogP contribution in [0, 0.1) is 11.8 Å². The van der Waals surface area contributed by atoms with Crippen LogP contribution >= 0.6 is 0 Å². The molecule has 2 aromatic rings. The van der Waals surface area contributed by atoms with Gasteiger partial charge in [0.15, 0.2) is 0 Å². The van der Waals surface area contributed by atoms with Crippen LogP contribution in [0.2, 0.25) is 0 Å². The molecule has 2 unspecified atom stereocenters. The van der Waals surface area contributed by atoms with E-state index in [1.165, 1.54) is 4.90 Å². The molecule has 2 bridgehead atoms. The zero-order valence-corrected chi connectivity index (χ0v) is 19.9. The van der Waals surface area contributed by atoms with Crippen molar-refractivity contribution in [1.82, 2.24) is 4.90 Å². The number of aliphatic hydroxyl groups is 1. The summed E-state index contributed by atoms with van der Waals surface area (Å²) in [6.07, 6.45) is 2.46. The number of carbonyl (C=O) groups is 3. The minimum absolute atomic E-state index is 0.198. The maximum absolute atomic E-state index is 14.3. The molecule has 2 amide bonds. The number of benzene rings is 2. The summed E-state index contributed by atoms with van der Waals surface area (Å²) < 4.78 is 6.41. The number of aliphatic hydroxyl groups excluding tert-OH is 1. The van der Waals surface area contributed by atoms with E-state index in [4.69, 9.17) is 4.74 Å². The van der Waals surface area contributed by atoms with E-state index in [-0.39, 0.29) is 19.1 Å². The fraction of sp³-hybridized carbons (Fsp3) is 0.444. The number of anilines is 1. The van der Waals surface area contributed by atoms with Crippen LogP contribution in [0.4, 0.5) is 5.69 Å². The molecule has 6 atom stereocenters. The number of hydrogen-bond donors (Lipinski definition) is 2. The highest BCUT2D eigenvalue weighted by atomic mass is 16.5.